The van der Waals surface area contributed by atoms with E-state index in [1.54, 1.807) is 0 Å². The second-order valence-corrected chi connectivity index (χ2v) is 7.04. The average molecular weight is 294 g/mol. The Morgan fingerprint density at radius 2 is 1.90 bits per heavy atom. The second kappa shape index (κ2) is 6.34. The molecule has 3 aliphatic rings. The lowest BCUT2D eigenvalue weighted by Crippen LogP contribution is -2.37. The fourth-order valence-electron chi connectivity index (χ4n) is 4.55. The quantitative estimate of drug-likeness (QED) is 0.852. The number of nitrogens with zero attached hydrogens (tertiary/aromatic N) is 2. The van der Waals surface area contributed by atoms with Gasteiger partial charge < -0.3 is 10.0 Å². The van der Waals surface area contributed by atoms with E-state index in [2.05, 4.69) is 0 Å². The highest BCUT2D eigenvalue weighted by molar-refractivity contribution is 5.76. The molecule has 0 aromatic rings. The van der Waals surface area contributed by atoms with E-state index in [0.717, 1.165) is 37.8 Å². The average Bonchev–Trinajstić information content (AvgIpc) is 2.96. The maximum absolute atomic E-state index is 12.5. The number of hydrogen-bond acceptors (Lipinski definition) is 3. The normalized spacial score (nSPS) is 33.1. The van der Waals surface area contributed by atoms with Gasteiger partial charge in [0, 0.05) is 32.6 Å². The largest absolute Gasteiger partial charge is 0.480 e. The molecule has 3 fully saturated rings. The second-order valence-electron chi connectivity index (χ2n) is 7.04. The van der Waals surface area contributed by atoms with Crippen molar-refractivity contribution in [3.05, 3.63) is 0 Å². The number of hydrogen-bond donors (Lipinski definition) is 1. The SMILES string of the molecule is O=C(O)CN1CCCN(C(=O)CC2CC3CCC2C3)CC1. The summed E-state index contributed by atoms with van der Waals surface area (Å²) in [7, 11) is 0. The van der Waals surface area contributed by atoms with Crippen LogP contribution in [0.1, 0.15) is 38.5 Å². The van der Waals surface area contributed by atoms with Crippen LogP contribution < -0.4 is 0 Å². The first-order chi connectivity index (χ1) is 10.1. The zero-order valence-corrected chi connectivity index (χ0v) is 12.7. The van der Waals surface area contributed by atoms with Crippen LogP contribution in [0.25, 0.3) is 0 Å². The van der Waals surface area contributed by atoms with Gasteiger partial charge in [0.1, 0.15) is 0 Å². The van der Waals surface area contributed by atoms with Gasteiger partial charge >= 0.3 is 5.97 Å². The zero-order valence-electron chi connectivity index (χ0n) is 12.7. The van der Waals surface area contributed by atoms with Gasteiger partial charge in [-0.2, -0.15) is 0 Å². The van der Waals surface area contributed by atoms with Crippen LogP contribution in [0.3, 0.4) is 0 Å². The van der Waals surface area contributed by atoms with Gasteiger partial charge in [0.15, 0.2) is 0 Å². The Morgan fingerprint density at radius 1 is 1.05 bits per heavy atom. The Kier molecular flexibility index (Phi) is 4.48. The van der Waals surface area contributed by atoms with Gasteiger partial charge in [-0.25, -0.2) is 0 Å². The van der Waals surface area contributed by atoms with E-state index < -0.39 is 5.97 Å². The third kappa shape index (κ3) is 3.57. The number of rotatable bonds is 4. The number of aliphatic carboxylic acids is 1. The Bertz CT molecular complexity index is 412. The van der Waals surface area contributed by atoms with Crippen LogP contribution in [-0.4, -0.2) is 59.5 Å². The number of carbonyl (C=O) groups is 2. The molecule has 1 aliphatic heterocycles. The van der Waals surface area contributed by atoms with Crippen molar-refractivity contribution in [1.29, 1.82) is 0 Å². The molecule has 21 heavy (non-hydrogen) atoms. The molecule has 0 aromatic carbocycles. The molecular weight excluding hydrogens is 268 g/mol. The first kappa shape index (κ1) is 14.8. The van der Waals surface area contributed by atoms with Crippen molar-refractivity contribution in [1.82, 2.24) is 9.80 Å². The summed E-state index contributed by atoms with van der Waals surface area (Å²) in [4.78, 5) is 27.2. The third-order valence-corrected chi connectivity index (χ3v) is 5.62. The van der Waals surface area contributed by atoms with Gasteiger partial charge in [-0.3, -0.25) is 14.5 Å². The van der Waals surface area contributed by atoms with Crippen molar-refractivity contribution in [2.45, 2.75) is 38.5 Å². The van der Waals surface area contributed by atoms with E-state index in [9.17, 15) is 9.59 Å². The molecule has 1 N–H and O–H groups in total. The summed E-state index contributed by atoms with van der Waals surface area (Å²) in [6, 6.07) is 0. The predicted octanol–water partition coefficient (Wildman–Crippen LogP) is 1.43. The molecule has 3 rings (SSSR count). The lowest BCUT2D eigenvalue weighted by atomic mass is 9.86. The molecule has 2 aliphatic carbocycles. The summed E-state index contributed by atoms with van der Waals surface area (Å²) in [5.41, 5.74) is 0. The molecule has 2 bridgehead atoms. The fourth-order valence-corrected chi connectivity index (χ4v) is 4.55. The van der Waals surface area contributed by atoms with E-state index in [1.165, 1.54) is 25.7 Å². The van der Waals surface area contributed by atoms with Gasteiger partial charge in [0.05, 0.1) is 6.54 Å². The van der Waals surface area contributed by atoms with Crippen molar-refractivity contribution in [3.8, 4) is 0 Å². The first-order valence-corrected chi connectivity index (χ1v) is 8.33. The Morgan fingerprint density at radius 3 is 2.57 bits per heavy atom. The van der Waals surface area contributed by atoms with Gasteiger partial charge in [0.2, 0.25) is 5.91 Å². The molecular formula is C16H26N2O3. The van der Waals surface area contributed by atoms with Crippen LogP contribution in [0.5, 0.6) is 0 Å². The van der Waals surface area contributed by atoms with Crippen molar-refractivity contribution < 1.29 is 14.7 Å². The molecule has 0 aromatic heterocycles. The lowest BCUT2D eigenvalue weighted by Gasteiger charge is -2.26. The summed E-state index contributed by atoms with van der Waals surface area (Å²) in [5, 5.41) is 8.86. The molecule has 0 spiro atoms. The number of amides is 1. The van der Waals surface area contributed by atoms with Gasteiger partial charge in [0.25, 0.3) is 0 Å². The van der Waals surface area contributed by atoms with Gasteiger partial charge in [-0.05, 0) is 43.4 Å². The molecule has 2 saturated carbocycles. The first-order valence-electron chi connectivity index (χ1n) is 8.33. The molecule has 1 heterocycles. The summed E-state index contributed by atoms with van der Waals surface area (Å²) in [6.45, 7) is 3.04. The molecule has 3 atom stereocenters. The van der Waals surface area contributed by atoms with Crippen molar-refractivity contribution in [2.24, 2.45) is 17.8 Å². The lowest BCUT2D eigenvalue weighted by molar-refractivity contribution is -0.138. The minimum atomic E-state index is -0.781. The molecule has 1 saturated heterocycles. The summed E-state index contributed by atoms with van der Waals surface area (Å²) in [5.74, 6) is 1.83. The standard InChI is InChI=1S/C16H26N2O3/c19-15(10-14-9-12-2-3-13(14)8-12)18-5-1-4-17(6-7-18)11-16(20)21/h12-14H,1-11H2,(H,20,21). The zero-order chi connectivity index (χ0) is 14.8. The molecule has 1 amide bonds. The summed E-state index contributed by atoms with van der Waals surface area (Å²) in [6.07, 6.45) is 6.92. The van der Waals surface area contributed by atoms with E-state index in [0.29, 0.717) is 24.9 Å². The van der Waals surface area contributed by atoms with Crippen LogP contribution in [0.2, 0.25) is 0 Å². The molecule has 5 heteroatoms. The highest BCUT2D eigenvalue weighted by atomic mass is 16.4. The van der Waals surface area contributed by atoms with E-state index in [1.807, 2.05) is 9.80 Å². The van der Waals surface area contributed by atoms with Gasteiger partial charge in [-0.1, -0.05) is 6.42 Å². The Hall–Kier alpha value is -1.10. The predicted molar refractivity (Wildman–Crippen MR) is 78.8 cm³/mol. The van der Waals surface area contributed by atoms with E-state index in [-0.39, 0.29) is 6.54 Å². The van der Waals surface area contributed by atoms with Crippen LogP contribution in [0.15, 0.2) is 0 Å². The van der Waals surface area contributed by atoms with Gasteiger partial charge in [-0.15, -0.1) is 0 Å². The van der Waals surface area contributed by atoms with Crippen molar-refractivity contribution in [2.75, 3.05) is 32.7 Å². The maximum atomic E-state index is 12.5. The van der Waals surface area contributed by atoms with Crippen LogP contribution in [0, 0.1) is 17.8 Å². The van der Waals surface area contributed by atoms with E-state index in [4.69, 9.17) is 5.11 Å². The van der Waals surface area contributed by atoms with Crippen LogP contribution in [-0.2, 0) is 9.59 Å². The summed E-state index contributed by atoms with van der Waals surface area (Å²) >= 11 is 0. The van der Waals surface area contributed by atoms with Crippen LogP contribution in [0.4, 0.5) is 0 Å². The highest BCUT2D eigenvalue weighted by Crippen LogP contribution is 2.49. The minimum Gasteiger partial charge on any atom is -0.480 e. The minimum absolute atomic E-state index is 0.0917. The topological polar surface area (TPSA) is 60.9 Å². The molecule has 3 unspecified atom stereocenters. The van der Waals surface area contributed by atoms with E-state index >= 15 is 0 Å². The maximum Gasteiger partial charge on any atom is 0.317 e. The van der Waals surface area contributed by atoms with Crippen LogP contribution >= 0.6 is 0 Å². The number of carboxylic acids is 1. The highest BCUT2D eigenvalue weighted by Gasteiger charge is 2.40. The smallest absolute Gasteiger partial charge is 0.317 e. The fraction of sp³-hybridized carbons (Fsp3) is 0.875. The monoisotopic (exact) mass is 294 g/mol. The molecule has 5 nitrogen and oxygen atoms in total. The Labute approximate surface area is 126 Å². The Balaban J connectivity index is 1.47. The van der Waals surface area contributed by atoms with Crippen molar-refractivity contribution >= 4 is 11.9 Å². The third-order valence-electron chi connectivity index (χ3n) is 5.62. The number of carboxylic acid groups (broad SMARTS) is 1. The summed E-state index contributed by atoms with van der Waals surface area (Å²) < 4.78 is 0. The molecule has 0 radical (unpaired) electrons. The molecule has 118 valence electrons. The van der Waals surface area contributed by atoms with Crippen molar-refractivity contribution in [3.63, 3.8) is 0 Å². The number of fused-ring (bicyclic) bond motifs is 2. The number of carbonyl (C=O) groups excluding carboxylic acids is 1.